The average molecular weight is 384 g/mol. The summed E-state index contributed by atoms with van der Waals surface area (Å²) in [7, 11) is 1.35. The monoisotopic (exact) mass is 384 g/mol. The van der Waals surface area contributed by atoms with Crippen LogP contribution in [0.4, 0.5) is 13.2 Å². The van der Waals surface area contributed by atoms with Gasteiger partial charge in [-0.2, -0.15) is 13.2 Å². The van der Waals surface area contributed by atoms with Crippen molar-refractivity contribution in [2.24, 2.45) is 0 Å². The lowest BCUT2D eigenvalue weighted by Crippen LogP contribution is -2.34. The number of phenols is 1. The third kappa shape index (κ3) is 5.47. The zero-order valence-electron chi connectivity index (χ0n) is 14.9. The normalized spacial score (nSPS) is 13.0. The van der Waals surface area contributed by atoms with Crippen LogP contribution in [-0.2, 0) is 25.9 Å². The van der Waals surface area contributed by atoms with Crippen LogP contribution >= 0.6 is 0 Å². The van der Waals surface area contributed by atoms with Crippen LogP contribution in [0.1, 0.15) is 30.5 Å². The predicted octanol–water partition coefficient (Wildman–Crippen LogP) is 3.98. The molecule has 146 valence electrons. The van der Waals surface area contributed by atoms with Gasteiger partial charge in [0.2, 0.25) is 0 Å². The molecule has 1 atom stereocenters. The van der Waals surface area contributed by atoms with Gasteiger partial charge in [0, 0.05) is 6.92 Å². The Morgan fingerprint density at radius 1 is 0.963 bits per heavy atom. The van der Waals surface area contributed by atoms with Crippen LogP contribution in [0.2, 0.25) is 0 Å². The molecule has 0 aliphatic carbocycles. The quantitative estimate of drug-likeness (QED) is 0.782. The number of hydrogen-bond donors (Lipinski definition) is 2. The van der Waals surface area contributed by atoms with E-state index in [1.54, 1.807) is 0 Å². The van der Waals surface area contributed by atoms with Crippen molar-refractivity contribution >= 4 is 11.9 Å². The molecule has 8 heteroatoms. The molecule has 0 amide bonds. The van der Waals surface area contributed by atoms with E-state index in [1.807, 2.05) is 0 Å². The van der Waals surface area contributed by atoms with Gasteiger partial charge in [0.1, 0.15) is 11.2 Å². The number of rotatable bonds is 3. The smallest absolute Gasteiger partial charge is 0.416 e. The van der Waals surface area contributed by atoms with E-state index >= 15 is 0 Å². The van der Waals surface area contributed by atoms with Crippen molar-refractivity contribution in [1.29, 1.82) is 0 Å². The van der Waals surface area contributed by atoms with Gasteiger partial charge < -0.3 is 14.9 Å². The highest BCUT2D eigenvalue weighted by Gasteiger charge is 2.39. The number of benzene rings is 2. The summed E-state index contributed by atoms with van der Waals surface area (Å²) in [5.74, 6) is -1.58. The maximum Gasteiger partial charge on any atom is 0.416 e. The summed E-state index contributed by atoms with van der Waals surface area (Å²) in [6, 6.07) is 9.60. The van der Waals surface area contributed by atoms with Crippen molar-refractivity contribution in [2.45, 2.75) is 25.4 Å². The van der Waals surface area contributed by atoms with E-state index < -0.39 is 23.1 Å². The molecule has 1 unspecified atom stereocenters. The number of aliphatic carboxylic acids is 1. The summed E-state index contributed by atoms with van der Waals surface area (Å²) in [5.41, 5.74) is -2.27. The third-order valence-electron chi connectivity index (χ3n) is 3.93. The molecule has 2 rings (SSSR count). The van der Waals surface area contributed by atoms with E-state index in [9.17, 15) is 33.0 Å². The van der Waals surface area contributed by atoms with Gasteiger partial charge in [0.15, 0.2) is 0 Å². The van der Waals surface area contributed by atoms with Crippen molar-refractivity contribution in [2.75, 3.05) is 7.11 Å². The highest BCUT2D eigenvalue weighted by molar-refractivity contribution is 5.85. The zero-order chi connectivity index (χ0) is 20.8. The van der Waals surface area contributed by atoms with Crippen LogP contribution in [0.5, 0.6) is 5.75 Å². The summed E-state index contributed by atoms with van der Waals surface area (Å²) in [4.78, 5) is 21.3. The standard InChI is InChI=1S/C16H13F3O3.C3H6O2/c1-15(14(21)22,10-5-7-13(20)8-6-10)11-3-2-4-12(9-11)16(17,18)19;1-3(4)5-2/h2-9,20H,1H3,(H,21,22);1-2H3. The van der Waals surface area contributed by atoms with Crippen molar-refractivity contribution < 1.29 is 37.7 Å². The summed E-state index contributed by atoms with van der Waals surface area (Å²) in [5, 5.41) is 18.8. The molecule has 2 N–H and O–H groups in total. The number of aromatic hydroxyl groups is 1. The number of halogens is 3. The Morgan fingerprint density at radius 3 is 1.85 bits per heavy atom. The van der Waals surface area contributed by atoms with Crippen molar-refractivity contribution in [3.63, 3.8) is 0 Å². The van der Waals surface area contributed by atoms with E-state index in [4.69, 9.17) is 0 Å². The van der Waals surface area contributed by atoms with Gasteiger partial charge in [-0.3, -0.25) is 9.59 Å². The summed E-state index contributed by atoms with van der Waals surface area (Å²) in [6.45, 7) is 2.69. The highest BCUT2D eigenvalue weighted by Crippen LogP contribution is 2.37. The van der Waals surface area contributed by atoms with Gasteiger partial charge >= 0.3 is 18.1 Å². The topological polar surface area (TPSA) is 83.8 Å². The highest BCUT2D eigenvalue weighted by atomic mass is 19.4. The first-order chi connectivity index (χ1) is 12.4. The fourth-order valence-electron chi connectivity index (χ4n) is 2.21. The molecule has 0 aromatic heterocycles. The summed E-state index contributed by atoms with van der Waals surface area (Å²) < 4.78 is 42.6. The molecule has 0 aliphatic rings. The summed E-state index contributed by atoms with van der Waals surface area (Å²) in [6.07, 6.45) is -4.55. The second-order valence-corrected chi connectivity index (χ2v) is 5.75. The van der Waals surface area contributed by atoms with Crippen LogP contribution < -0.4 is 0 Å². The molecule has 27 heavy (non-hydrogen) atoms. The minimum atomic E-state index is -4.55. The van der Waals surface area contributed by atoms with Gasteiger partial charge in [0.05, 0.1) is 12.7 Å². The molecule has 5 nitrogen and oxygen atoms in total. The first kappa shape index (κ1) is 22.0. The molecule has 0 saturated heterocycles. The molecule has 2 aromatic rings. The number of carbonyl (C=O) groups is 2. The van der Waals surface area contributed by atoms with Crippen molar-refractivity contribution in [3.05, 3.63) is 65.2 Å². The Balaban J connectivity index is 0.000000646. The van der Waals surface area contributed by atoms with Crippen LogP contribution in [0.25, 0.3) is 0 Å². The van der Waals surface area contributed by atoms with E-state index in [-0.39, 0.29) is 22.8 Å². The molecule has 0 radical (unpaired) electrons. The van der Waals surface area contributed by atoms with Crippen LogP contribution in [0, 0.1) is 0 Å². The Labute approximate surface area is 154 Å². The number of phenolic OH excluding ortho intramolecular Hbond substituents is 1. The third-order valence-corrected chi connectivity index (χ3v) is 3.93. The maximum absolute atomic E-state index is 12.8. The van der Waals surface area contributed by atoms with Crippen LogP contribution in [-0.4, -0.2) is 29.3 Å². The molecule has 2 aromatic carbocycles. The first-order valence-corrected chi connectivity index (χ1v) is 7.68. The molecule has 0 fully saturated rings. The van der Waals surface area contributed by atoms with E-state index in [0.29, 0.717) is 0 Å². The lowest BCUT2D eigenvalue weighted by atomic mass is 9.76. The van der Waals surface area contributed by atoms with Gasteiger partial charge in [-0.05, 0) is 36.2 Å². The molecule has 0 saturated carbocycles. The Bertz CT molecular complexity index is 800. The van der Waals surface area contributed by atoms with E-state index in [0.717, 1.165) is 12.1 Å². The molecular formula is C19H19F3O5. The minimum absolute atomic E-state index is 0.0144. The molecule has 0 bridgehead atoms. The lowest BCUT2D eigenvalue weighted by Gasteiger charge is -2.27. The largest absolute Gasteiger partial charge is 0.508 e. The van der Waals surface area contributed by atoms with E-state index in [2.05, 4.69) is 4.74 Å². The van der Waals surface area contributed by atoms with Crippen LogP contribution in [0.3, 0.4) is 0 Å². The lowest BCUT2D eigenvalue weighted by molar-refractivity contribution is -0.142. The van der Waals surface area contributed by atoms with Gasteiger partial charge in [-0.1, -0.05) is 30.3 Å². The number of carbonyl (C=O) groups excluding carboxylic acids is 1. The number of carboxylic acids is 1. The SMILES string of the molecule is CC(C(=O)O)(c1ccc(O)cc1)c1cccc(C(F)(F)F)c1.COC(C)=O. The van der Waals surface area contributed by atoms with Crippen LogP contribution in [0.15, 0.2) is 48.5 Å². The number of esters is 1. The minimum Gasteiger partial charge on any atom is -0.508 e. The maximum atomic E-state index is 12.8. The second-order valence-electron chi connectivity index (χ2n) is 5.75. The van der Waals surface area contributed by atoms with Gasteiger partial charge in [0.25, 0.3) is 0 Å². The Morgan fingerprint density at radius 2 is 1.44 bits per heavy atom. The number of carboxylic acid groups (broad SMARTS) is 1. The second kappa shape index (κ2) is 8.57. The molecule has 0 spiro atoms. The number of hydrogen-bond acceptors (Lipinski definition) is 4. The van der Waals surface area contributed by atoms with Crippen molar-refractivity contribution in [1.82, 2.24) is 0 Å². The predicted molar refractivity (Wildman–Crippen MR) is 91.3 cm³/mol. The van der Waals surface area contributed by atoms with Gasteiger partial charge in [-0.15, -0.1) is 0 Å². The van der Waals surface area contributed by atoms with Gasteiger partial charge in [-0.25, -0.2) is 0 Å². The number of alkyl halides is 3. The number of ether oxygens (including phenoxy) is 1. The Kier molecular flexibility index (Phi) is 6.99. The number of methoxy groups -OCH3 is 1. The fraction of sp³-hybridized carbons (Fsp3) is 0.263. The first-order valence-electron chi connectivity index (χ1n) is 7.68. The molecule has 0 aliphatic heterocycles. The Hall–Kier alpha value is -3.03. The summed E-state index contributed by atoms with van der Waals surface area (Å²) >= 11 is 0. The zero-order valence-corrected chi connectivity index (χ0v) is 14.9. The van der Waals surface area contributed by atoms with Crippen molar-refractivity contribution in [3.8, 4) is 5.75 Å². The fourth-order valence-corrected chi connectivity index (χ4v) is 2.21. The average Bonchev–Trinajstić information content (AvgIpc) is 2.61. The molecule has 0 heterocycles. The molecular weight excluding hydrogens is 365 g/mol. The van der Waals surface area contributed by atoms with E-state index in [1.165, 1.54) is 57.4 Å².